The van der Waals surface area contributed by atoms with Crippen molar-refractivity contribution in [3.63, 3.8) is 0 Å². The second kappa shape index (κ2) is 12.1. The first-order valence-electron chi connectivity index (χ1n) is 19.5. The minimum absolute atomic E-state index is 0.661. The van der Waals surface area contributed by atoms with Crippen molar-refractivity contribution in [2.24, 2.45) is 0 Å². The van der Waals surface area contributed by atoms with Gasteiger partial charge in [0, 0.05) is 53.3 Å². The summed E-state index contributed by atoms with van der Waals surface area (Å²) in [5.74, 6) is 2.01. The molecule has 4 heterocycles. The van der Waals surface area contributed by atoms with Crippen LogP contribution in [0.25, 0.3) is 104 Å². The van der Waals surface area contributed by atoms with Crippen LogP contribution in [0.15, 0.2) is 170 Å². The second-order valence-electron chi connectivity index (χ2n) is 15.5. The second-order valence-corrected chi connectivity index (χ2v) is 20.9. The van der Waals surface area contributed by atoms with Gasteiger partial charge in [-0.2, -0.15) is 0 Å². The van der Waals surface area contributed by atoms with Gasteiger partial charge >= 0.3 is 0 Å². The van der Waals surface area contributed by atoms with Crippen molar-refractivity contribution in [2.45, 2.75) is 13.1 Å². The van der Waals surface area contributed by atoms with E-state index in [0.717, 1.165) is 27.9 Å². The summed E-state index contributed by atoms with van der Waals surface area (Å²) in [5.41, 5.74) is 9.15. The third-order valence-electron chi connectivity index (χ3n) is 12.0. The molecule has 0 atom stereocenters. The summed E-state index contributed by atoms with van der Waals surface area (Å²) < 4.78 is 4.87. The van der Waals surface area contributed by atoms with Gasteiger partial charge in [-0.15, -0.1) is 11.3 Å². The van der Waals surface area contributed by atoms with Gasteiger partial charge in [-0.05, 0) is 68.7 Å². The molecule has 57 heavy (non-hydrogen) atoms. The summed E-state index contributed by atoms with van der Waals surface area (Å²) in [6.45, 7) is 5.04. The Morgan fingerprint density at radius 2 is 1.11 bits per heavy atom. The topological polar surface area (TPSA) is 43.6 Å². The largest absolute Gasteiger partial charge is 0.309 e. The molecule has 0 saturated heterocycles. The van der Waals surface area contributed by atoms with Crippen LogP contribution in [0.1, 0.15) is 0 Å². The smallest absolute Gasteiger partial charge is 0.165 e. The molecule has 3 aromatic heterocycles. The van der Waals surface area contributed by atoms with Crippen LogP contribution < -0.4 is 10.4 Å². The predicted octanol–water partition coefficient (Wildman–Crippen LogP) is 12.3. The predicted molar refractivity (Wildman–Crippen MR) is 243 cm³/mol. The van der Waals surface area contributed by atoms with Crippen LogP contribution in [-0.2, 0) is 0 Å². The van der Waals surface area contributed by atoms with Crippen LogP contribution in [0.3, 0.4) is 0 Å². The average Bonchev–Trinajstić information content (AvgIpc) is 3.89. The van der Waals surface area contributed by atoms with Crippen molar-refractivity contribution in [1.29, 1.82) is 0 Å². The molecule has 268 valence electrons. The number of hydrogen-bond donors (Lipinski definition) is 0. The van der Waals surface area contributed by atoms with E-state index >= 15 is 0 Å². The number of nitrogens with zero attached hydrogens (tertiary/aromatic N) is 4. The number of rotatable bonds is 4. The normalized spacial score (nSPS) is 13.2. The fourth-order valence-corrected chi connectivity index (χ4v) is 14.2. The molecule has 0 radical (unpaired) electrons. The zero-order valence-electron chi connectivity index (χ0n) is 31.4. The van der Waals surface area contributed by atoms with Gasteiger partial charge in [0.05, 0.1) is 11.0 Å². The maximum absolute atomic E-state index is 5.49. The summed E-state index contributed by atoms with van der Waals surface area (Å²) in [4.78, 5) is 16.1. The Kier molecular flexibility index (Phi) is 6.92. The summed E-state index contributed by atoms with van der Waals surface area (Å²) in [7, 11) is -2.18. The molecule has 0 unspecified atom stereocenters. The quantitative estimate of drug-likeness (QED) is 0.168. The van der Waals surface area contributed by atoms with Crippen LogP contribution in [0, 0.1) is 0 Å². The van der Waals surface area contributed by atoms with Gasteiger partial charge in [0.25, 0.3) is 0 Å². The van der Waals surface area contributed by atoms with Crippen LogP contribution >= 0.6 is 11.3 Å². The van der Waals surface area contributed by atoms with Crippen LogP contribution in [-0.4, -0.2) is 27.6 Å². The van der Waals surface area contributed by atoms with E-state index < -0.39 is 8.07 Å². The Bertz CT molecular complexity index is 3440. The number of aromatic nitrogens is 4. The van der Waals surface area contributed by atoms with Crippen molar-refractivity contribution in [1.82, 2.24) is 19.5 Å². The van der Waals surface area contributed by atoms with E-state index in [1.807, 2.05) is 6.07 Å². The van der Waals surface area contributed by atoms with Gasteiger partial charge in [0.1, 0.15) is 8.07 Å². The van der Waals surface area contributed by atoms with Crippen molar-refractivity contribution in [3.05, 3.63) is 170 Å². The SMILES string of the molecule is C[Si]1(C)c2ccccc2-c2ccc3c(-c4nc(-c5ccccc5)nc(-c5cccc6c5sc5ccccc56)n4)cc4c(c5ccccc5n4-c4ccccc4)c3c21. The van der Waals surface area contributed by atoms with Crippen molar-refractivity contribution in [3.8, 4) is 51.0 Å². The Balaban J connectivity index is 1.24. The third-order valence-corrected chi connectivity index (χ3v) is 16.8. The van der Waals surface area contributed by atoms with Crippen LogP contribution in [0.4, 0.5) is 0 Å². The van der Waals surface area contributed by atoms with Crippen molar-refractivity contribution < 1.29 is 0 Å². The Morgan fingerprint density at radius 1 is 0.456 bits per heavy atom. The molecular formula is C51H34N4SSi. The highest BCUT2D eigenvalue weighted by Gasteiger charge is 2.40. The standard InChI is InChI=1S/C51H34N4SSi/c1-57(2)44-27-14-11-21-34(44)37-29-28-35-40(30-42-45(46(35)48(37)57)38-22-9-12-25-41(38)55(42)32-18-7-4-8-19-32)51-53-49(31-16-5-3-6-17-31)52-50(54-51)39-24-15-23-36-33-20-10-13-26-43(33)56-47(36)39/h3-30H,1-2H3. The number of fused-ring (bicyclic) bond motifs is 12. The summed E-state index contributed by atoms with van der Waals surface area (Å²) >= 11 is 1.80. The van der Waals surface area contributed by atoms with E-state index in [2.05, 4.69) is 181 Å². The fraction of sp³-hybridized carbons (Fsp3) is 0.0392. The molecule has 1 aliphatic rings. The van der Waals surface area contributed by atoms with Gasteiger partial charge < -0.3 is 4.57 Å². The molecule has 0 amide bonds. The minimum atomic E-state index is -2.18. The highest BCUT2D eigenvalue weighted by Crippen LogP contribution is 2.45. The number of benzene rings is 8. The van der Waals surface area contributed by atoms with Gasteiger partial charge in [-0.25, -0.2) is 15.0 Å². The molecule has 0 N–H and O–H groups in total. The Morgan fingerprint density at radius 3 is 1.95 bits per heavy atom. The molecule has 11 aromatic rings. The maximum Gasteiger partial charge on any atom is 0.165 e. The van der Waals surface area contributed by atoms with Gasteiger partial charge in [0.15, 0.2) is 17.5 Å². The lowest BCUT2D eigenvalue weighted by Gasteiger charge is -2.22. The first-order valence-corrected chi connectivity index (χ1v) is 23.3. The molecule has 0 fully saturated rings. The van der Waals surface area contributed by atoms with Crippen molar-refractivity contribution >= 4 is 82.5 Å². The first-order chi connectivity index (χ1) is 28.0. The Hall–Kier alpha value is -6.73. The Labute approximate surface area is 334 Å². The summed E-state index contributed by atoms with van der Waals surface area (Å²) in [6, 6.07) is 61.2. The molecule has 0 bridgehead atoms. The van der Waals surface area contributed by atoms with E-state index in [1.165, 1.54) is 68.7 Å². The first kappa shape index (κ1) is 32.5. The van der Waals surface area contributed by atoms with Gasteiger partial charge in [0.2, 0.25) is 0 Å². The van der Waals surface area contributed by atoms with E-state index in [0.29, 0.717) is 17.5 Å². The lowest BCUT2D eigenvalue weighted by molar-refractivity contribution is 1.08. The van der Waals surface area contributed by atoms with Gasteiger partial charge in [-0.1, -0.05) is 147 Å². The molecule has 8 aromatic carbocycles. The fourth-order valence-electron chi connectivity index (χ4n) is 9.53. The summed E-state index contributed by atoms with van der Waals surface area (Å²) in [5, 5.41) is 10.5. The molecular weight excluding hydrogens is 729 g/mol. The molecule has 0 saturated carbocycles. The third kappa shape index (κ3) is 4.69. The summed E-state index contributed by atoms with van der Waals surface area (Å²) in [6.07, 6.45) is 0. The van der Waals surface area contributed by atoms with Crippen molar-refractivity contribution in [2.75, 3.05) is 0 Å². The van der Waals surface area contributed by atoms with Crippen LogP contribution in [0.5, 0.6) is 0 Å². The highest BCUT2D eigenvalue weighted by molar-refractivity contribution is 7.26. The minimum Gasteiger partial charge on any atom is -0.309 e. The lowest BCUT2D eigenvalue weighted by Crippen LogP contribution is -2.49. The van der Waals surface area contributed by atoms with E-state index in [-0.39, 0.29) is 0 Å². The van der Waals surface area contributed by atoms with Crippen LogP contribution in [0.2, 0.25) is 13.1 Å². The lowest BCUT2D eigenvalue weighted by atomic mass is 9.94. The molecule has 0 aliphatic carbocycles. The average molecular weight is 763 g/mol. The molecule has 4 nitrogen and oxygen atoms in total. The van der Waals surface area contributed by atoms with E-state index in [9.17, 15) is 0 Å². The molecule has 1 aliphatic heterocycles. The zero-order valence-corrected chi connectivity index (χ0v) is 33.2. The zero-order chi connectivity index (χ0) is 37.8. The number of para-hydroxylation sites is 2. The van der Waals surface area contributed by atoms with E-state index in [4.69, 9.17) is 15.0 Å². The highest BCUT2D eigenvalue weighted by atomic mass is 32.1. The number of thiophene rings is 1. The number of hydrogen-bond acceptors (Lipinski definition) is 4. The molecule has 0 spiro atoms. The molecule has 6 heteroatoms. The van der Waals surface area contributed by atoms with Gasteiger partial charge in [-0.3, -0.25) is 0 Å². The molecule has 12 rings (SSSR count). The van der Waals surface area contributed by atoms with E-state index in [1.54, 1.807) is 11.3 Å². The maximum atomic E-state index is 5.49. The monoisotopic (exact) mass is 762 g/mol.